The molecule has 1 amide bonds. The van der Waals surface area contributed by atoms with E-state index in [-0.39, 0.29) is 19.0 Å². The van der Waals surface area contributed by atoms with Crippen LogP contribution in [0.2, 0.25) is 10.0 Å². The van der Waals surface area contributed by atoms with Gasteiger partial charge in [-0.1, -0.05) is 23.2 Å². The van der Waals surface area contributed by atoms with Gasteiger partial charge in [0.2, 0.25) is 0 Å². The van der Waals surface area contributed by atoms with E-state index in [0.717, 1.165) is 0 Å². The lowest BCUT2D eigenvalue weighted by Crippen LogP contribution is -2.26. The fourth-order valence-corrected chi connectivity index (χ4v) is 2.38. The molecule has 0 atom stereocenters. The first-order chi connectivity index (χ1) is 12.3. The van der Waals surface area contributed by atoms with Crippen LogP contribution < -0.4 is 10.2 Å². The quantitative estimate of drug-likeness (QED) is 0.436. The van der Waals surface area contributed by atoms with Crippen molar-refractivity contribution in [2.45, 2.75) is 20.4 Å². The van der Waals surface area contributed by atoms with Gasteiger partial charge in [0.25, 0.3) is 5.91 Å². The summed E-state index contributed by atoms with van der Waals surface area (Å²) in [5.74, 6) is -0.405. The molecule has 1 N–H and O–H groups in total. The fraction of sp³-hybridized carbons (Fsp3) is 0.267. The van der Waals surface area contributed by atoms with E-state index >= 15 is 0 Å². The smallest absolute Gasteiger partial charge is 0.390 e. The number of ether oxygens (including phenoxy) is 1. The van der Waals surface area contributed by atoms with Gasteiger partial charge in [0.1, 0.15) is 12.3 Å². The standard InChI is InChI=1S/C15H15Cl2N5O4/c1-9(7-21-10(2)5-14(20-21)22(24)25)18-19-15(23)8-26-13-4-3-11(16)6-12(13)17/h3-6H,7-8H2,1-2H3,(H,19,23)/b18-9-. The number of hydrogen-bond donors (Lipinski definition) is 1. The molecule has 0 bridgehead atoms. The summed E-state index contributed by atoms with van der Waals surface area (Å²) in [5.41, 5.74) is 3.45. The van der Waals surface area contributed by atoms with Crippen molar-refractivity contribution >= 4 is 40.6 Å². The molecule has 0 aliphatic rings. The third-order valence-corrected chi connectivity index (χ3v) is 3.69. The van der Waals surface area contributed by atoms with Gasteiger partial charge in [0.05, 0.1) is 27.6 Å². The Morgan fingerprint density at radius 3 is 2.77 bits per heavy atom. The molecule has 0 fully saturated rings. The number of amides is 1. The van der Waals surface area contributed by atoms with E-state index in [9.17, 15) is 14.9 Å². The van der Waals surface area contributed by atoms with Crippen LogP contribution in [0.1, 0.15) is 12.6 Å². The van der Waals surface area contributed by atoms with Crippen LogP contribution in [-0.2, 0) is 11.3 Å². The van der Waals surface area contributed by atoms with Gasteiger partial charge < -0.3 is 14.9 Å². The minimum atomic E-state index is -0.572. The van der Waals surface area contributed by atoms with Crippen molar-refractivity contribution in [3.8, 4) is 5.75 Å². The average molecular weight is 400 g/mol. The second-order valence-electron chi connectivity index (χ2n) is 5.30. The van der Waals surface area contributed by atoms with Gasteiger partial charge in [0.15, 0.2) is 6.61 Å². The lowest BCUT2D eigenvalue weighted by Gasteiger charge is -2.07. The predicted octanol–water partition coefficient (Wildman–Crippen LogP) is 2.98. The summed E-state index contributed by atoms with van der Waals surface area (Å²) in [6.07, 6.45) is 0. The minimum Gasteiger partial charge on any atom is -0.482 e. The molecule has 2 aromatic rings. The van der Waals surface area contributed by atoms with Crippen molar-refractivity contribution in [2.24, 2.45) is 5.10 Å². The summed E-state index contributed by atoms with van der Waals surface area (Å²) in [7, 11) is 0. The lowest BCUT2D eigenvalue weighted by molar-refractivity contribution is -0.389. The highest BCUT2D eigenvalue weighted by Gasteiger charge is 2.15. The van der Waals surface area contributed by atoms with Crippen LogP contribution in [0.3, 0.4) is 0 Å². The number of nitrogens with zero attached hydrogens (tertiary/aromatic N) is 4. The number of nitro groups is 1. The highest BCUT2D eigenvalue weighted by molar-refractivity contribution is 6.35. The molecule has 26 heavy (non-hydrogen) atoms. The van der Waals surface area contributed by atoms with Gasteiger partial charge >= 0.3 is 5.82 Å². The van der Waals surface area contributed by atoms with E-state index in [0.29, 0.717) is 27.2 Å². The number of hydrogen-bond acceptors (Lipinski definition) is 6. The monoisotopic (exact) mass is 399 g/mol. The van der Waals surface area contributed by atoms with Crippen molar-refractivity contribution in [2.75, 3.05) is 6.61 Å². The van der Waals surface area contributed by atoms with Gasteiger partial charge in [-0.3, -0.25) is 4.79 Å². The predicted molar refractivity (Wildman–Crippen MR) is 96.8 cm³/mol. The molecule has 0 unspecified atom stereocenters. The second-order valence-corrected chi connectivity index (χ2v) is 6.15. The van der Waals surface area contributed by atoms with E-state index in [1.807, 2.05) is 0 Å². The van der Waals surface area contributed by atoms with Gasteiger partial charge in [0, 0.05) is 5.02 Å². The molecule has 11 heteroatoms. The van der Waals surface area contributed by atoms with Gasteiger partial charge in [-0.2, -0.15) is 9.78 Å². The van der Waals surface area contributed by atoms with Crippen molar-refractivity contribution in [3.05, 3.63) is 50.1 Å². The maximum atomic E-state index is 11.8. The number of nitrogens with one attached hydrogen (secondary N) is 1. The highest BCUT2D eigenvalue weighted by Crippen LogP contribution is 2.27. The highest BCUT2D eigenvalue weighted by atomic mass is 35.5. The molecule has 1 heterocycles. The molecule has 138 valence electrons. The van der Waals surface area contributed by atoms with Crippen LogP contribution in [0.5, 0.6) is 5.75 Å². The van der Waals surface area contributed by atoms with Crippen LogP contribution >= 0.6 is 23.2 Å². The molecule has 1 aromatic heterocycles. The Morgan fingerprint density at radius 1 is 1.42 bits per heavy atom. The van der Waals surface area contributed by atoms with Crippen LogP contribution in [0.15, 0.2) is 29.4 Å². The summed E-state index contributed by atoms with van der Waals surface area (Å²) in [6.45, 7) is 3.26. The van der Waals surface area contributed by atoms with Crippen LogP contribution in [0, 0.1) is 17.0 Å². The molecule has 0 saturated heterocycles. The Hall–Kier alpha value is -2.65. The summed E-state index contributed by atoms with van der Waals surface area (Å²) in [6, 6.07) is 6.01. The molecule has 0 aliphatic carbocycles. The third-order valence-electron chi connectivity index (χ3n) is 3.16. The van der Waals surface area contributed by atoms with Gasteiger partial charge in [-0.05, 0) is 37.0 Å². The molecule has 0 radical (unpaired) electrons. The summed E-state index contributed by atoms with van der Waals surface area (Å²) in [4.78, 5) is 21.9. The van der Waals surface area contributed by atoms with E-state index in [1.54, 1.807) is 26.0 Å². The maximum Gasteiger partial charge on any atom is 0.390 e. The average Bonchev–Trinajstić information content (AvgIpc) is 2.93. The number of benzene rings is 1. The number of aryl methyl sites for hydroxylation is 1. The number of carbonyl (C=O) groups excluding carboxylic acids is 1. The van der Waals surface area contributed by atoms with E-state index < -0.39 is 10.8 Å². The Labute approximate surface area is 158 Å². The number of rotatable bonds is 7. The Bertz CT molecular complexity index is 866. The van der Waals surface area contributed by atoms with Crippen molar-refractivity contribution in [1.82, 2.24) is 15.2 Å². The number of aromatic nitrogens is 2. The summed E-state index contributed by atoms with van der Waals surface area (Å²) in [5, 5.41) is 19.2. The van der Waals surface area contributed by atoms with E-state index in [1.165, 1.54) is 16.8 Å². The van der Waals surface area contributed by atoms with Gasteiger partial charge in [-0.15, -0.1) is 0 Å². The topological polar surface area (TPSA) is 112 Å². The Morgan fingerprint density at radius 2 is 2.15 bits per heavy atom. The van der Waals surface area contributed by atoms with E-state index in [4.69, 9.17) is 27.9 Å². The van der Waals surface area contributed by atoms with Crippen molar-refractivity contribution < 1.29 is 14.5 Å². The number of hydrazone groups is 1. The Balaban J connectivity index is 1.87. The molecule has 0 saturated carbocycles. The summed E-state index contributed by atoms with van der Waals surface area (Å²) >= 11 is 11.7. The molecule has 0 aliphatic heterocycles. The SMILES string of the molecule is C/C(Cn1nc([N+](=O)[O-])cc1C)=N/NC(=O)COc1ccc(Cl)cc1Cl. The Kier molecular flexibility index (Phi) is 6.53. The first-order valence-electron chi connectivity index (χ1n) is 7.35. The van der Waals surface area contributed by atoms with Crippen LogP contribution in [-0.4, -0.2) is 32.9 Å². The van der Waals surface area contributed by atoms with Crippen molar-refractivity contribution in [1.29, 1.82) is 0 Å². The molecule has 1 aromatic carbocycles. The first kappa shape index (κ1) is 19.7. The zero-order valence-electron chi connectivity index (χ0n) is 13.9. The number of halogens is 2. The first-order valence-corrected chi connectivity index (χ1v) is 8.10. The van der Waals surface area contributed by atoms with Crippen LogP contribution in [0.25, 0.3) is 0 Å². The van der Waals surface area contributed by atoms with Crippen molar-refractivity contribution in [3.63, 3.8) is 0 Å². The second kappa shape index (κ2) is 8.63. The fourth-order valence-electron chi connectivity index (χ4n) is 1.92. The molecule has 0 spiro atoms. The zero-order chi connectivity index (χ0) is 19.3. The molecular weight excluding hydrogens is 385 g/mol. The van der Waals surface area contributed by atoms with Crippen LogP contribution in [0.4, 0.5) is 5.82 Å². The lowest BCUT2D eigenvalue weighted by atomic mass is 10.3. The molecule has 9 nitrogen and oxygen atoms in total. The largest absolute Gasteiger partial charge is 0.482 e. The van der Waals surface area contributed by atoms with E-state index in [2.05, 4.69) is 15.6 Å². The third kappa shape index (κ3) is 5.43. The van der Waals surface area contributed by atoms with Gasteiger partial charge in [-0.25, -0.2) is 5.43 Å². The zero-order valence-corrected chi connectivity index (χ0v) is 15.4. The normalized spacial score (nSPS) is 11.3. The molecule has 2 rings (SSSR count). The minimum absolute atomic E-state index is 0.198. The number of carbonyl (C=O) groups is 1. The molecular formula is C15H15Cl2N5O4. The maximum absolute atomic E-state index is 11.8. The summed E-state index contributed by atoms with van der Waals surface area (Å²) < 4.78 is 6.71.